The summed E-state index contributed by atoms with van der Waals surface area (Å²) in [5.41, 5.74) is 0.574. The minimum absolute atomic E-state index is 0.121. The van der Waals surface area contributed by atoms with Gasteiger partial charge in [0.15, 0.2) is 0 Å². The number of hydrogen-bond donors (Lipinski definition) is 0. The Kier molecular flexibility index (Phi) is 2.72. The summed E-state index contributed by atoms with van der Waals surface area (Å²) in [6, 6.07) is 0. The van der Waals surface area contributed by atoms with E-state index in [2.05, 4.69) is 6.92 Å². The first-order valence-corrected chi connectivity index (χ1v) is 7.22. The van der Waals surface area contributed by atoms with E-state index in [1.165, 1.54) is 39.0 Å². The first-order chi connectivity index (χ1) is 8.09. The van der Waals surface area contributed by atoms with Gasteiger partial charge >= 0.3 is 5.97 Å². The molecule has 0 aromatic rings. The van der Waals surface area contributed by atoms with Gasteiger partial charge in [-0.1, -0.05) is 6.92 Å². The van der Waals surface area contributed by atoms with E-state index in [1.54, 1.807) is 0 Å². The van der Waals surface area contributed by atoms with Crippen LogP contribution in [0.2, 0.25) is 0 Å². The van der Waals surface area contributed by atoms with Gasteiger partial charge in [-0.05, 0) is 67.6 Å². The maximum atomic E-state index is 10.8. The fraction of sp³-hybridized carbons (Fsp3) is 0.933. The summed E-state index contributed by atoms with van der Waals surface area (Å²) in [7, 11) is 0. The monoisotopic (exact) mass is 236 g/mol. The highest BCUT2D eigenvalue weighted by Gasteiger charge is 2.59. The molecule has 2 heteroatoms. The smallest absolute Gasteiger partial charge is 0.302 e. The van der Waals surface area contributed by atoms with E-state index < -0.39 is 0 Å². The molecule has 0 heterocycles. The van der Waals surface area contributed by atoms with E-state index in [0.717, 1.165) is 30.1 Å². The van der Waals surface area contributed by atoms with Crippen LogP contribution in [0.15, 0.2) is 0 Å². The molecule has 0 N–H and O–H groups in total. The lowest BCUT2D eigenvalue weighted by Crippen LogP contribution is -2.46. The number of ether oxygens (including phenoxy) is 1. The molecule has 3 rings (SSSR count). The minimum atomic E-state index is -0.121. The zero-order valence-electron chi connectivity index (χ0n) is 11.1. The molecule has 0 amide bonds. The number of hydrogen-bond acceptors (Lipinski definition) is 2. The largest absolute Gasteiger partial charge is 0.466 e. The third-order valence-electron chi connectivity index (χ3n) is 5.65. The zero-order chi connectivity index (χ0) is 12.0. The minimum Gasteiger partial charge on any atom is -0.466 e. The normalized spacial score (nSPS) is 47.2. The number of esters is 1. The maximum Gasteiger partial charge on any atom is 0.302 e. The number of carbonyl (C=O) groups excluding carboxylic acids is 1. The summed E-state index contributed by atoms with van der Waals surface area (Å²) >= 11 is 0. The molecule has 17 heavy (non-hydrogen) atoms. The van der Waals surface area contributed by atoms with Crippen LogP contribution in [-0.4, -0.2) is 12.6 Å². The van der Waals surface area contributed by atoms with Crippen molar-refractivity contribution in [3.8, 4) is 0 Å². The van der Waals surface area contributed by atoms with Gasteiger partial charge in [0, 0.05) is 6.92 Å². The van der Waals surface area contributed by atoms with Crippen molar-refractivity contribution in [2.75, 3.05) is 6.61 Å². The van der Waals surface area contributed by atoms with Crippen molar-refractivity contribution < 1.29 is 9.53 Å². The molecule has 0 spiro atoms. The van der Waals surface area contributed by atoms with Crippen molar-refractivity contribution in [1.29, 1.82) is 0 Å². The molecule has 5 atom stereocenters. The van der Waals surface area contributed by atoms with E-state index in [0.29, 0.717) is 12.0 Å². The summed E-state index contributed by atoms with van der Waals surface area (Å²) in [6.45, 7) is 4.60. The molecule has 0 radical (unpaired) electrons. The van der Waals surface area contributed by atoms with E-state index in [4.69, 9.17) is 4.74 Å². The van der Waals surface area contributed by atoms with Crippen LogP contribution in [0.25, 0.3) is 0 Å². The first-order valence-electron chi connectivity index (χ1n) is 7.22. The number of fused-ring (bicyclic) bond motifs is 1. The van der Waals surface area contributed by atoms with Gasteiger partial charge in [-0.3, -0.25) is 4.79 Å². The van der Waals surface area contributed by atoms with E-state index >= 15 is 0 Å². The first kappa shape index (κ1) is 11.6. The molecule has 0 aromatic carbocycles. The van der Waals surface area contributed by atoms with Crippen molar-refractivity contribution in [1.82, 2.24) is 0 Å². The van der Waals surface area contributed by atoms with Crippen molar-refractivity contribution in [2.45, 2.75) is 52.4 Å². The van der Waals surface area contributed by atoms with Crippen molar-refractivity contribution in [3.05, 3.63) is 0 Å². The van der Waals surface area contributed by atoms with Gasteiger partial charge in [0.2, 0.25) is 0 Å². The van der Waals surface area contributed by atoms with Crippen LogP contribution < -0.4 is 0 Å². The lowest BCUT2D eigenvalue weighted by molar-refractivity contribution is -0.143. The standard InChI is InChI=1S/C15H24O2/c1-10-5-12-7-14-13(6-10)9-15(14,8-12)3-4-17-11(2)16/h10,12-14H,3-9H2,1-2H3. The van der Waals surface area contributed by atoms with Crippen LogP contribution in [0, 0.1) is 29.1 Å². The molecule has 0 saturated heterocycles. The van der Waals surface area contributed by atoms with Gasteiger partial charge in [0.1, 0.15) is 0 Å². The fourth-order valence-electron chi connectivity index (χ4n) is 5.25. The Morgan fingerprint density at radius 2 is 2.12 bits per heavy atom. The molecule has 96 valence electrons. The van der Waals surface area contributed by atoms with Crippen LogP contribution in [-0.2, 0) is 9.53 Å². The van der Waals surface area contributed by atoms with Gasteiger partial charge in [-0.15, -0.1) is 0 Å². The van der Waals surface area contributed by atoms with Crippen LogP contribution in [0.1, 0.15) is 52.4 Å². The molecule has 2 nitrogen and oxygen atoms in total. The van der Waals surface area contributed by atoms with E-state index in [1.807, 2.05) is 0 Å². The lowest BCUT2D eigenvalue weighted by atomic mass is 9.52. The van der Waals surface area contributed by atoms with E-state index in [9.17, 15) is 4.79 Å². The molecule has 5 unspecified atom stereocenters. The van der Waals surface area contributed by atoms with Crippen LogP contribution >= 0.6 is 0 Å². The number of carbonyl (C=O) groups is 1. The maximum absolute atomic E-state index is 10.8. The summed E-state index contributed by atoms with van der Waals surface area (Å²) in [5.74, 6) is 3.76. The summed E-state index contributed by atoms with van der Waals surface area (Å²) in [6.07, 6.45) is 8.33. The molecule has 2 bridgehead atoms. The number of rotatable bonds is 3. The third kappa shape index (κ3) is 1.90. The SMILES string of the molecule is CC(=O)OCCC12CC3CC(C)CC(C1)C2C3. The van der Waals surface area contributed by atoms with Gasteiger partial charge in [0.25, 0.3) is 0 Å². The topological polar surface area (TPSA) is 26.3 Å². The second-order valence-electron chi connectivity index (χ2n) is 6.91. The highest BCUT2D eigenvalue weighted by molar-refractivity contribution is 5.65. The Labute approximate surface area is 104 Å². The summed E-state index contributed by atoms with van der Waals surface area (Å²) in [4.78, 5) is 10.8. The highest BCUT2D eigenvalue weighted by atomic mass is 16.5. The molecule has 3 saturated carbocycles. The molecular weight excluding hydrogens is 212 g/mol. The van der Waals surface area contributed by atoms with E-state index in [-0.39, 0.29) is 5.97 Å². The molecular formula is C15H24O2. The van der Waals surface area contributed by atoms with Crippen molar-refractivity contribution in [2.24, 2.45) is 29.1 Å². The van der Waals surface area contributed by atoms with Crippen LogP contribution in [0.4, 0.5) is 0 Å². The Morgan fingerprint density at radius 1 is 1.29 bits per heavy atom. The lowest BCUT2D eigenvalue weighted by Gasteiger charge is -2.53. The molecule has 3 aliphatic rings. The van der Waals surface area contributed by atoms with Gasteiger partial charge in [-0.25, -0.2) is 0 Å². The quantitative estimate of drug-likeness (QED) is 0.702. The van der Waals surface area contributed by atoms with Crippen LogP contribution in [0.3, 0.4) is 0 Å². The Bertz CT molecular complexity index is 321. The Morgan fingerprint density at radius 3 is 2.88 bits per heavy atom. The highest BCUT2D eigenvalue weighted by Crippen LogP contribution is 2.68. The van der Waals surface area contributed by atoms with Gasteiger partial charge in [0.05, 0.1) is 6.61 Å². The average Bonchev–Trinajstić information content (AvgIpc) is 2.39. The second-order valence-corrected chi connectivity index (χ2v) is 6.91. The van der Waals surface area contributed by atoms with Crippen molar-refractivity contribution in [3.63, 3.8) is 0 Å². The second kappa shape index (κ2) is 4.00. The van der Waals surface area contributed by atoms with Crippen LogP contribution in [0.5, 0.6) is 0 Å². The third-order valence-corrected chi connectivity index (χ3v) is 5.65. The van der Waals surface area contributed by atoms with Crippen molar-refractivity contribution >= 4 is 5.97 Å². The predicted molar refractivity (Wildman–Crippen MR) is 66.4 cm³/mol. The Hall–Kier alpha value is -0.530. The summed E-state index contributed by atoms with van der Waals surface area (Å²) in [5, 5.41) is 0. The van der Waals surface area contributed by atoms with Gasteiger partial charge < -0.3 is 4.74 Å². The Balaban J connectivity index is 1.62. The summed E-state index contributed by atoms with van der Waals surface area (Å²) < 4.78 is 5.16. The predicted octanol–water partition coefficient (Wildman–Crippen LogP) is 3.40. The van der Waals surface area contributed by atoms with Gasteiger partial charge in [-0.2, -0.15) is 0 Å². The average molecular weight is 236 g/mol. The molecule has 0 aromatic heterocycles. The zero-order valence-corrected chi connectivity index (χ0v) is 11.1. The molecule has 3 fully saturated rings. The molecule has 3 aliphatic carbocycles. The molecule has 0 aliphatic heterocycles. The fourth-order valence-corrected chi connectivity index (χ4v) is 5.25.